The molecule has 2 aromatic carbocycles. The Hall–Kier alpha value is -2.87. The lowest BCUT2D eigenvalue weighted by Crippen LogP contribution is -2.52. The van der Waals surface area contributed by atoms with Gasteiger partial charge in [0.15, 0.2) is 0 Å². The summed E-state index contributed by atoms with van der Waals surface area (Å²) in [7, 11) is -3.72. The van der Waals surface area contributed by atoms with Gasteiger partial charge in [0.25, 0.3) is 0 Å². The minimum atomic E-state index is -3.72. The van der Waals surface area contributed by atoms with Crippen molar-refractivity contribution >= 4 is 27.5 Å². The first-order chi connectivity index (χ1) is 15.5. The monoisotopic (exact) mass is 473 g/mol. The van der Waals surface area contributed by atoms with Crippen LogP contribution in [0.1, 0.15) is 44.7 Å². The maximum Gasteiger partial charge on any atom is 0.244 e. The third kappa shape index (κ3) is 7.60. The first-order valence-corrected chi connectivity index (χ1v) is 13.1. The second kappa shape index (κ2) is 11.8. The van der Waals surface area contributed by atoms with E-state index in [1.54, 1.807) is 19.1 Å². The predicted molar refractivity (Wildman–Crippen MR) is 133 cm³/mol. The minimum absolute atomic E-state index is 0.272. The third-order valence-electron chi connectivity index (χ3n) is 5.53. The Morgan fingerprint density at radius 3 is 2.09 bits per heavy atom. The summed E-state index contributed by atoms with van der Waals surface area (Å²) in [5, 5.41) is 2.75. The van der Waals surface area contributed by atoms with E-state index in [4.69, 9.17) is 0 Å². The Balaban J connectivity index is 2.29. The van der Waals surface area contributed by atoms with Crippen molar-refractivity contribution < 1.29 is 18.0 Å². The Morgan fingerprint density at radius 1 is 0.970 bits per heavy atom. The van der Waals surface area contributed by atoms with Gasteiger partial charge < -0.3 is 10.2 Å². The van der Waals surface area contributed by atoms with Crippen molar-refractivity contribution in [3.8, 4) is 0 Å². The number of nitrogens with zero attached hydrogens (tertiary/aromatic N) is 2. The van der Waals surface area contributed by atoms with Gasteiger partial charge in [0, 0.05) is 13.1 Å². The summed E-state index contributed by atoms with van der Waals surface area (Å²) >= 11 is 0. The number of hydrogen-bond donors (Lipinski definition) is 1. The van der Waals surface area contributed by atoms with Gasteiger partial charge >= 0.3 is 0 Å². The first-order valence-electron chi connectivity index (χ1n) is 11.2. The summed E-state index contributed by atoms with van der Waals surface area (Å²) in [6.45, 7) is 7.95. The van der Waals surface area contributed by atoms with Crippen LogP contribution in [0, 0.1) is 0 Å². The maximum atomic E-state index is 13.4. The van der Waals surface area contributed by atoms with Gasteiger partial charge in [-0.3, -0.25) is 13.9 Å². The van der Waals surface area contributed by atoms with Crippen molar-refractivity contribution in [1.29, 1.82) is 0 Å². The zero-order valence-electron chi connectivity index (χ0n) is 20.1. The van der Waals surface area contributed by atoms with Crippen LogP contribution in [0.15, 0.2) is 54.6 Å². The molecule has 2 amide bonds. The number of rotatable bonds is 11. The lowest BCUT2D eigenvalue weighted by molar-refractivity contribution is -0.138. The Morgan fingerprint density at radius 2 is 1.58 bits per heavy atom. The number of likely N-dealkylation sites (N-methyl/N-ethyl adjacent to an activating group) is 1. The van der Waals surface area contributed by atoms with E-state index in [9.17, 15) is 18.0 Å². The van der Waals surface area contributed by atoms with Gasteiger partial charge in [0.05, 0.1) is 11.9 Å². The van der Waals surface area contributed by atoms with Crippen LogP contribution in [-0.2, 0) is 26.0 Å². The fraction of sp³-hybridized carbons (Fsp3) is 0.440. The third-order valence-corrected chi connectivity index (χ3v) is 6.67. The van der Waals surface area contributed by atoms with Crippen molar-refractivity contribution in [3.63, 3.8) is 0 Å². The van der Waals surface area contributed by atoms with E-state index >= 15 is 0 Å². The smallest absolute Gasteiger partial charge is 0.244 e. The molecule has 2 rings (SSSR count). The topological polar surface area (TPSA) is 86.8 Å². The van der Waals surface area contributed by atoms with E-state index in [0.717, 1.165) is 21.7 Å². The summed E-state index contributed by atoms with van der Waals surface area (Å²) in [4.78, 5) is 27.3. The van der Waals surface area contributed by atoms with E-state index < -0.39 is 22.0 Å². The quantitative estimate of drug-likeness (QED) is 0.543. The molecule has 0 aromatic heterocycles. The Bertz CT molecular complexity index is 1020. The minimum Gasteiger partial charge on any atom is -0.355 e. The Kier molecular flexibility index (Phi) is 9.46. The molecule has 0 saturated heterocycles. The Labute approximate surface area is 197 Å². The molecular formula is C25H35N3O4S. The lowest BCUT2D eigenvalue weighted by atomic mass is 10.0. The normalized spacial score (nSPS) is 12.3. The molecule has 0 fully saturated rings. The van der Waals surface area contributed by atoms with Crippen LogP contribution in [0.2, 0.25) is 0 Å². The molecule has 0 saturated carbocycles. The molecule has 1 N–H and O–H groups in total. The molecule has 0 aliphatic carbocycles. The van der Waals surface area contributed by atoms with Gasteiger partial charge in [-0.05, 0) is 49.4 Å². The summed E-state index contributed by atoms with van der Waals surface area (Å²) in [5.41, 5.74) is 2.53. The highest BCUT2D eigenvalue weighted by Crippen LogP contribution is 2.22. The molecule has 0 radical (unpaired) electrons. The van der Waals surface area contributed by atoms with Crippen LogP contribution in [0.4, 0.5) is 5.69 Å². The molecule has 7 nitrogen and oxygen atoms in total. The molecule has 0 aliphatic rings. The average molecular weight is 474 g/mol. The number of sulfonamides is 1. The molecular weight excluding hydrogens is 438 g/mol. The molecule has 0 unspecified atom stereocenters. The van der Waals surface area contributed by atoms with Crippen LogP contribution in [0.5, 0.6) is 0 Å². The lowest BCUT2D eigenvalue weighted by Gasteiger charge is -2.31. The van der Waals surface area contributed by atoms with E-state index in [0.29, 0.717) is 31.1 Å². The van der Waals surface area contributed by atoms with Crippen LogP contribution >= 0.6 is 0 Å². The zero-order valence-corrected chi connectivity index (χ0v) is 20.9. The highest BCUT2D eigenvalue weighted by atomic mass is 32.2. The molecule has 0 bridgehead atoms. The van der Waals surface area contributed by atoms with Gasteiger partial charge in [-0.15, -0.1) is 0 Å². The molecule has 33 heavy (non-hydrogen) atoms. The number of amides is 2. The van der Waals surface area contributed by atoms with Gasteiger partial charge in [0.2, 0.25) is 21.8 Å². The average Bonchev–Trinajstić information content (AvgIpc) is 2.77. The van der Waals surface area contributed by atoms with Crippen LogP contribution in [0.3, 0.4) is 0 Å². The molecule has 0 aliphatic heterocycles. The van der Waals surface area contributed by atoms with Gasteiger partial charge in [-0.25, -0.2) is 8.42 Å². The van der Waals surface area contributed by atoms with Gasteiger partial charge in [0.1, 0.15) is 12.6 Å². The highest BCUT2D eigenvalue weighted by Gasteiger charge is 2.29. The van der Waals surface area contributed by atoms with Crippen LogP contribution in [-0.4, -0.2) is 57.1 Å². The van der Waals surface area contributed by atoms with E-state index in [1.807, 2.05) is 49.4 Å². The molecule has 180 valence electrons. The number of anilines is 1. The summed E-state index contributed by atoms with van der Waals surface area (Å²) in [5.74, 6) is -0.395. The number of carbonyl (C=O) groups excluding carboxylic acids is 2. The van der Waals surface area contributed by atoms with E-state index in [1.165, 1.54) is 4.90 Å². The number of hydrogen-bond acceptors (Lipinski definition) is 4. The molecule has 0 spiro atoms. The number of carbonyl (C=O) groups is 2. The fourth-order valence-electron chi connectivity index (χ4n) is 3.53. The van der Waals surface area contributed by atoms with Crippen LogP contribution in [0.25, 0.3) is 0 Å². The molecule has 8 heteroatoms. The second-order valence-corrected chi connectivity index (χ2v) is 10.3. The number of benzene rings is 2. The summed E-state index contributed by atoms with van der Waals surface area (Å²) in [6.07, 6.45) is 1.64. The summed E-state index contributed by atoms with van der Waals surface area (Å²) < 4.78 is 26.2. The molecule has 1 atom stereocenters. The SMILES string of the molecule is CCNC(=O)[C@H](C)N(CCc1ccccc1)C(=O)CN(c1ccc(C(C)C)cc1)S(C)(=O)=O. The van der Waals surface area contributed by atoms with Crippen molar-refractivity contribution in [2.45, 2.75) is 46.1 Å². The highest BCUT2D eigenvalue weighted by molar-refractivity contribution is 7.92. The largest absolute Gasteiger partial charge is 0.355 e. The molecule has 0 heterocycles. The maximum absolute atomic E-state index is 13.4. The van der Waals surface area contributed by atoms with Crippen molar-refractivity contribution in [3.05, 3.63) is 65.7 Å². The van der Waals surface area contributed by atoms with Crippen molar-refractivity contribution in [2.75, 3.05) is 30.2 Å². The van der Waals surface area contributed by atoms with Crippen molar-refractivity contribution in [2.24, 2.45) is 0 Å². The van der Waals surface area contributed by atoms with Gasteiger partial charge in [-0.1, -0.05) is 56.3 Å². The van der Waals surface area contributed by atoms with Gasteiger partial charge in [-0.2, -0.15) is 0 Å². The standard InChI is InChI=1S/C25H35N3O4S/c1-6-26-25(30)20(4)27(17-16-21-10-8-7-9-11-21)24(29)18-28(33(5,31)32)23-14-12-22(13-15-23)19(2)3/h7-15,19-20H,6,16-18H2,1-5H3,(H,26,30)/t20-/m0/s1. The molecule has 2 aromatic rings. The zero-order chi connectivity index (χ0) is 24.6. The van der Waals surface area contributed by atoms with E-state index in [-0.39, 0.29) is 12.5 Å². The first kappa shape index (κ1) is 26.4. The predicted octanol–water partition coefficient (Wildman–Crippen LogP) is 3.17. The van der Waals surface area contributed by atoms with Crippen molar-refractivity contribution in [1.82, 2.24) is 10.2 Å². The van der Waals surface area contributed by atoms with Crippen LogP contribution < -0.4 is 9.62 Å². The second-order valence-electron chi connectivity index (χ2n) is 8.41. The fourth-order valence-corrected chi connectivity index (χ4v) is 4.38. The van der Waals surface area contributed by atoms with E-state index in [2.05, 4.69) is 19.2 Å². The summed E-state index contributed by atoms with van der Waals surface area (Å²) in [6, 6.07) is 16.1. The number of nitrogens with one attached hydrogen (secondary N) is 1.